The molecule has 2 aromatic rings. The van der Waals surface area contributed by atoms with Gasteiger partial charge in [-0.2, -0.15) is 0 Å². The maximum atomic E-state index is 4.43. The zero-order chi connectivity index (χ0) is 14.8. The summed E-state index contributed by atoms with van der Waals surface area (Å²) in [6.45, 7) is 4.29. The van der Waals surface area contributed by atoms with Crippen molar-refractivity contribution < 1.29 is 0 Å². The first-order valence-corrected chi connectivity index (χ1v) is 8.03. The first-order valence-electron chi connectivity index (χ1n) is 8.03. The molecule has 4 rings (SSSR count). The summed E-state index contributed by atoms with van der Waals surface area (Å²) in [5.74, 6) is 0.895. The molecule has 0 aliphatic carbocycles. The van der Waals surface area contributed by atoms with Crippen LogP contribution >= 0.6 is 0 Å². The lowest BCUT2D eigenvalue weighted by atomic mass is 9.76. The summed E-state index contributed by atoms with van der Waals surface area (Å²) in [6, 6.07) is 8.03. The molecule has 2 aliphatic heterocycles. The van der Waals surface area contributed by atoms with E-state index in [-0.39, 0.29) is 0 Å². The largest absolute Gasteiger partial charge is 0.335 e. The van der Waals surface area contributed by atoms with E-state index >= 15 is 0 Å². The molecule has 2 aliphatic rings. The van der Waals surface area contributed by atoms with Gasteiger partial charge >= 0.3 is 0 Å². The molecule has 0 saturated carbocycles. The molecule has 1 spiro atoms. The number of rotatable bonds is 3. The molecule has 0 atom stereocenters. The second kappa shape index (κ2) is 5.65. The number of pyridine rings is 1. The smallest absolute Gasteiger partial charge is 0.225 e. The van der Waals surface area contributed by atoms with E-state index in [1.54, 1.807) is 0 Å². The van der Waals surface area contributed by atoms with Crippen molar-refractivity contribution in [2.24, 2.45) is 0 Å². The Labute approximate surface area is 131 Å². The first kappa shape index (κ1) is 13.6. The molecule has 2 saturated heterocycles. The highest BCUT2D eigenvalue weighted by atomic mass is 15.4. The van der Waals surface area contributed by atoms with Gasteiger partial charge in [0.05, 0.1) is 5.69 Å². The molecular formula is C17H21N5. The van der Waals surface area contributed by atoms with Gasteiger partial charge in [0.1, 0.15) is 0 Å². The van der Waals surface area contributed by atoms with E-state index in [9.17, 15) is 0 Å². The Kier molecular flexibility index (Phi) is 3.50. The predicted octanol–water partition coefficient (Wildman–Crippen LogP) is 2.12. The number of likely N-dealkylation sites (tertiary alicyclic amines) is 1. The lowest BCUT2D eigenvalue weighted by molar-refractivity contribution is 0.109. The Bertz CT molecular complexity index is 607. The van der Waals surface area contributed by atoms with Crippen LogP contribution in [0.15, 0.2) is 42.9 Å². The Morgan fingerprint density at radius 1 is 0.864 bits per heavy atom. The highest BCUT2D eigenvalue weighted by Gasteiger charge is 2.47. The molecule has 0 bridgehead atoms. The van der Waals surface area contributed by atoms with Crippen molar-refractivity contribution in [2.75, 3.05) is 24.5 Å². The quantitative estimate of drug-likeness (QED) is 0.868. The molecular weight excluding hydrogens is 274 g/mol. The van der Waals surface area contributed by atoms with Gasteiger partial charge in [-0.05, 0) is 37.5 Å². The zero-order valence-corrected chi connectivity index (χ0v) is 12.7. The standard InChI is InChI=1S/C17H21N5/c1-2-8-18-15(4-1)14-21-11-5-17(6-12-21)7-13-22(17)16-19-9-3-10-20-16/h1-4,8-10H,5-7,11-14H2. The topological polar surface area (TPSA) is 45.2 Å². The van der Waals surface area contributed by atoms with E-state index in [1.165, 1.54) is 19.3 Å². The summed E-state index contributed by atoms with van der Waals surface area (Å²) in [4.78, 5) is 18.2. The summed E-state index contributed by atoms with van der Waals surface area (Å²) in [7, 11) is 0. The third-order valence-electron chi connectivity index (χ3n) is 5.07. The average molecular weight is 295 g/mol. The molecule has 0 N–H and O–H groups in total. The normalized spacial score (nSPS) is 20.8. The van der Waals surface area contributed by atoms with E-state index in [1.807, 2.05) is 30.7 Å². The van der Waals surface area contributed by atoms with Crippen molar-refractivity contribution in [3.05, 3.63) is 48.5 Å². The van der Waals surface area contributed by atoms with E-state index in [4.69, 9.17) is 0 Å². The molecule has 5 heteroatoms. The van der Waals surface area contributed by atoms with Crippen molar-refractivity contribution in [3.63, 3.8) is 0 Å². The van der Waals surface area contributed by atoms with Gasteiger partial charge in [-0.15, -0.1) is 0 Å². The third-order valence-corrected chi connectivity index (χ3v) is 5.07. The van der Waals surface area contributed by atoms with E-state index in [0.717, 1.165) is 37.8 Å². The zero-order valence-electron chi connectivity index (χ0n) is 12.7. The molecule has 2 aromatic heterocycles. The minimum atomic E-state index is 0.294. The fourth-order valence-corrected chi connectivity index (χ4v) is 3.65. The van der Waals surface area contributed by atoms with E-state index in [2.05, 4.69) is 36.9 Å². The van der Waals surface area contributed by atoms with Crippen LogP contribution in [0, 0.1) is 0 Å². The fraction of sp³-hybridized carbons (Fsp3) is 0.471. The van der Waals surface area contributed by atoms with Crippen molar-refractivity contribution in [2.45, 2.75) is 31.3 Å². The van der Waals surface area contributed by atoms with Crippen LogP contribution in [-0.4, -0.2) is 45.0 Å². The molecule has 114 valence electrons. The van der Waals surface area contributed by atoms with Gasteiger partial charge in [0.2, 0.25) is 5.95 Å². The highest BCUT2D eigenvalue weighted by molar-refractivity contribution is 5.40. The number of piperidine rings is 1. The fourth-order valence-electron chi connectivity index (χ4n) is 3.65. The maximum Gasteiger partial charge on any atom is 0.225 e. The highest BCUT2D eigenvalue weighted by Crippen LogP contribution is 2.41. The van der Waals surface area contributed by atoms with Crippen LogP contribution in [0.5, 0.6) is 0 Å². The lowest BCUT2D eigenvalue weighted by Crippen LogP contribution is -2.64. The van der Waals surface area contributed by atoms with Crippen molar-refractivity contribution in [1.82, 2.24) is 19.9 Å². The maximum absolute atomic E-state index is 4.43. The molecule has 0 unspecified atom stereocenters. The van der Waals surface area contributed by atoms with Gasteiger partial charge in [-0.3, -0.25) is 9.88 Å². The number of nitrogens with zero attached hydrogens (tertiary/aromatic N) is 5. The molecule has 0 aromatic carbocycles. The van der Waals surface area contributed by atoms with Crippen LogP contribution in [0.2, 0.25) is 0 Å². The summed E-state index contributed by atoms with van der Waals surface area (Å²) in [6.07, 6.45) is 9.20. The molecule has 0 radical (unpaired) electrons. The Balaban J connectivity index is 1.39. The summed E-state index contributed by atoms with van der Waals surface area (Å²) in [5.41, 5.74) is 1.46. The number of anilines is 1. The van der Waals surface area contributed by atoms with Crippen molar-refractivity contribution in [3.8, 4) is 0 Å². The second-order valence-electron chi connectivity index (χ2n) is 6.27. The molecule has 22 heavy (non-hydrogen) atoms. The summed E-state index contributed by atoms with van der Waals surface area (Å²) >= 11 is 0. The monoisotopic (exact) mass is 295 g/mol. The Morgan fingerprint density at radius 2 is 1.59 bits per heavy atom. The van der Waals surface area contributed by atoms with Crippen molar-refractivity contribution >= 4 is 5.95 Å². The van der Waals surface area contributed by atoms with Crippen LogP contribution in [0.1, 0.15) is 25.0 Å². The molecule has 4 heterocycles. The van der Waals surface area contributed by atoms with Gasteiger partial charge in [0.15, 0.2) is 0 Å². The van der Waals surface area contributed by atoms with Crippen LogP contribution in [0.25, 0.3) is 0 Å². The van der Waals surface area contributed by atoms with Gasteiger partial charge in [0, 0.05) is 50.3 Å². The third kappa shape index (κ3) is 2.46. The molecule has 0 amide bonds. The Hall–Kier alpha value is -2.01. The predicted molar refractivity (Wildman–Crippen MR) is 85.5 cm³/mol. The molecule has 5 nitrogen and oxygen atoms in total. The first-order chi connectivity index (χ1) is 10.9. The van der Waals surface area contributed by atoms with Crippen LogP contribution < -0.4 is 4.90 Å². The Morgan fingerprint density at radius 3 is 2.23 bits per heavy atom. The second-order valence-corrected chi connectivity index (χ2v) is 6.27. The van der Waals surface area contributed by atoms with E-state index < -0.39 is 0 Å². The number of hydrogen-bond donors (Lipinski definition) is 0. The summed E-state index contributed by atoms with van der Waals surface area (Å²) < 4.78 is 0. The molecule has 2 fully saturated rings. The summed E-state index contributed by atoms with van der Waals surface area (Å²) in [5, 5.41) is 0. The minimum Gasteiger partial charge on any atom is -0.335 e. The lowest BCUT2D eigenvalue weighted by Gasteiger charge is -2.56. The SMILES string of the molecule is c1ccc(CN2CCC3(CC2)CCN3c2ncccn2)nc1. The van der Waals surface area contributed by atoms with E-state index in [0.29, 0.717) is 5.54 Å². The van der Waals surface area contributed by atoms with Crippen LogP contribution in [-0.2, 0) is 6.54 Å². The van der Waals surface area contributed by atoms with Crippen LogP contribution in [0.3, 0.4) is 0 Å². The number of hydrogen-bond acceptors (Lipinski definition) is 5. The van der Waals surface area contributed by atoms with Crippen LogP contribution in [0.4, 0.5) is 5.95 Å². The van der Waals surface area contributed by atoms with Gasteiger partial charge in [0.25, 0.3) is 0 Å². The van der Waals surface area contributed by atoms with Gasteiger partial charge in [-0.1, -0.05) is 6.07 Å². The van der Waals surface area contributed by atoms with Gasteiger partial charge < -0.3 is 4.90 Å². The minimum absolute atomic E-state index is 0.294. The number of aromatic nitrogens is 3. The van der Waals surface area contributed by atoms with Crippen molar-refractivity contribution in [1.29, 1.82) is 0 Å². The average Bonchev–Trinajstić information content (AvgIpc) is 2.57. The van der Waals surface area contributed by atoms with Gasteiger partial charge in [-0.25, -0.2) is 9.97 Å².